The Morgan fingerprint density at radius 1 is 1.35 bits per heavy atom. The second-order valence-electron chi connectivity index (χ2n) is 4.71. The number of nitrogens with zero attached hydrogens (tertiary/aromatic N) is 1. The molecule has 1 amide bonds. The number of carbonyl (C=O) groups is 2. The van der Waals surface area contributed by atoms with E-state index in [1.165, 1.54) is 23.1 Å². The molecule has 0 aliphatic carbocycles. The van der Waals surface area contributed by atoms with Crippen LogP contribution in [0.1, 0.15) is 35.2 Å². The molecule has 20 heavy (non-hydrogen) atoms. The number of carboxylic acid groups (broad SMARTS) is 1. The number of amides is 1. The van der Waals surface area contributed by atoms with Crippen LogP contribution in [0.5, 0.6) is 5.75 Å². The molecule has 1 radical (unpaired) electrons. The van der Waals surface area contributed by atoms with Crippen molar-refractivity contribution in [1.29, 1.82) is 0 Å². The van der Waals surface area contributed by atoms with E-state index in [1.54, 1.807) is 0 Å². The Morgan fingerprint density at radius 3 is 2.70 bits per heavy atom. The molecule has 1 atom stereocenters. The first-order valence-corrected chi connectivity index (χ1v) is 6.34. The van der Waals surface area contributed by atoms with Gasteiger partial charge in [0.05, 0.1) is 5.56 Å². The fourth-order valence-corrected chi connectivity index (χ4v) is 2.38. The molecule has 1 aliphatic heterocycles. The van der Waals surface area contributed by atoms with Crippen molar-refractivity contribution in [2.75, 3.05) is 6.54 Å². The van der Waals surface area contributed by atoms with E-state index in [0.29, 0.717) is 18.5 Å². The minimum Gasteiger partial charge on any atom is -0.507 e. The van der Waals surface area contributed by atoms with Crippen LogP contribution in [0.2, 0.25) is 0 Å². The molecular weight excluding hydrogens is 258 g/mol. The number of aliphatic carboxylic acids is 1. The highest BCUT2D eigenvalue weighted by Gasteiger charge is 2.33. The molecule has 5 nitrogen and oxygen atoms in total. The normalized spacial score (nSPS) is 18.4. The highest BCUT2D eigenvalue weighted by Crippen LogP contribution is 2.25. The van der Waals surface area contributed by atoms with Crippen molar-refractivity contribution in [2.45, 2.75) is 25.3 Å². The van der Waals surface area contributed by atoms with Crippen LogP contribution in [0.15, 0.2) is 18.2 Å². The van der Waals surface area contributed by atoms with Gasteiger partial charge in [0.2, 0.25) is 0 Å². The van der Waals surface area contributed by atoms with Crippen molar-refractivity contribution in [2.24, 2.45) is 0 Å². The summed E-state index contributed by atoms with van der Waals surface area (Å²) < 4.78 is 0. The van der Waals surface area contributed by atoms with Crippen LogP contribution in [-0.4, -0.2) is 39.6 Å². The van der Waals surface area contributed by atoms with Crippen molar-refractivity contribution < 1.29 is 19.8 Å². The molecule has 1 unspecified atom stereocenters. The summed E-state index contributed by atoms with van der Waals surface area (Å²) in [5, 5.41) is 19.0. The zero-order valence-electron chi connectivity index (χ0n) is 10.8. The summed E-state index contributed by atoms with van der Waals surface area (Å²) >= 11 is 0. The Hall–Kier alpha value is -2.48. The molecule has 103 valence electrons. The Bertz CT molecular complexity index is 588. The smallest absolute Gasteiger partial charge is 0.326 e. The fourth-order valence-electron chi connectivity index (χ4n) is 2.38. The second kappa shape index (κ2) is 5.66. The van der Waals surface area contributed by atoms with Crippen molar-refractivity contribution in [1.82, 2.24) is 4.90 Å². The van der Waals surface area contributed by atoms with E-state index >= 15 is 0 Å². The lowest BCUT2D eigenvalue weighted by atomic mass is 10.00. The number of hydrogen-bond donors (Lipinski definition) is 2. The zero-order valence-corrected chi connectivity index (χ0v) is 10.8. The summed E-state index contributed by atoms with van der Waals surface area (Å²) in [5.41, 5.74) is 0.407. The largest absolute Gasteiger partial charge is 0.507 e. The van der Waals surface area contributed by atoms with Gasteiger partial charge in [0, 0.05) is 12.1 Å². The van der Waals surface area contributed by atoms with Gasteiger partial charge in [-0.1, -0.05) is 5.92 Å². The topological polar surface area (TPSA) is 77.8 Å². The van der Waals surface area contributed by atoms with Gasteiger partial charge in [-0.3, -0.25) is 4.79 Å². The standard InChI is InChI=1S/C15H14NO4/c1-2-10-6-7-11(13(17)9-10)14(18)16-8-4-3-5-12(16)15(19)20/h6-7,9,12,17H,3-5,8H2,(H,19,20). The molecular formula is C15H14NO4. The summed E-state index contributed by atoms with van der Waals surface area (Å²) in [6.07, 6.45) is 8.92. The minimum absolute atomic E-state index is 0.0529. The molecule has 1 aromatic carbocycles. The summed E-state index contributed by atoms with van der Waals surface area (Å²) in [7, 11) is 0. The molecule has 1 heterocycles. The third-order valence-corrected chi connectivity index (χ3v) is 3.42. The van der Waals surface area contributed by atoms with E-state index in [4.69, 9.17) is 11.5 Å². The number of phenolic OH excluding ortho intramolecular Hbond substituents is 1. The Kier molecular flexibility index (Phi) is 3.94. The van der Waals surface area contributed by atoms with E-state index in [2.05, 4.69) is 5.92 Å². The van der Waals surface area contributed by atoms with Crippen LogP contribution in [0.4, 0.5) is 0 Å². The van der Waals surface area contributed by atoms with Crippen LogP contribution >= 0.6 is 0 Å². The average Bonchev–Trinajstić information content (AvgIpc) is 2.46. The lowest BCUT2D eigenvalue weighted by Crippen LogP contribution is -2.48. The molecule has 0 spiro atoms. The summed E-state index contributed by atoms with van der Waals surface area (Å²) in [6, 6.07) is 3.30. The number of piperidine rings is 1. The minimum atomic E-state index is -1.03. The van der Waals surface area contributed by atoms with E-state index in [9.17, 15) is 14.7 Å². The second-order valence-corrected chi connectivity index (χ2v) is 4.71. The number of aromatic hydroxyl groups is 1. The molecule has 1 fully saturated rings. The summed E-state index contributed by atoms with van der Waals surface area (Å²) in [5.74, 6) is 0.329. The molecule has 5 heteroatoms. The SMILES string of the molecule is [C]#Cc1ccc(C(=O)N2CCCCC2C(=O)O)c(O)c1. The van der Waals surface area contributed by atoms with Gasteiger partial charge in [0.25, 0.3) is 5.91 Å². The molecule has 0 saturated carbocycles. The molecule has 0 aromatic heterocycles. The average molecular weight is 272 g/mol. The maximum Gasteiger partial charge on any atom is 0.326 e. The molecule has 1 aromatic rings. The summed E-state index contributed by atoms with van der Waals surface area (Å²) in [6.45, 7) is 0.369. The number of carbonyl (C=O) groups excluding carboxylic acids is 1. The van der Waals surface area contributed by atoms with Gasteiger partial charge in [0.1, 0.15) is 11.8 Å². The Balaban J connectivity index is 2.30. The van der Waals surface area contributed by atoms with Crippen molar-refractivity contribution >= 4 is 11.9 Å². The summed E-state index contributed by atoms with van der Waals surface area (Å²) in [4.78, 5) is 24.9. The maximum absolute atomic E-state index is 12.4. The lowest BCUT2D eigenvalue weighted by molar-refractivity contribution is -0.143. The van der Waals surface area contributed by atoms with Crippen LogP contribution in [0.3, 0.4) is 0 Å². The molecule has 1 aliphatic rings. The number of rotatable bonds is 2. The quantitative estimate of drug-likeness (QED) is 0.798. The molecule has 2 rings (SSSR count). The monoisotopic (exact) mass is 272 g/mol. The van der Waals surface area contributed by atoms with Gasteiger partial charge in [-0.2, -0.15) is 0 Å². The van der Waals surface area contributed by atoms with Crippen molar-refractivity contribution in [3.63, 3.8) is 0 Å². The predicted molar refractivity (Wildman–Crippen MR) is 70.7 cm³/mol. The van der Waals surface area contributed by atoms with Gasteiger partial charge < -0.3 is 15.1 Å². The highest BCUT2D eigenvalue weighted by molar-refractivity contribution is 5.99. The van der Waals surface area contributed by atoms with Crippen LogP contribution in [-0.2, 0) is 4.79 Å². The van der Waals surface area contributed by atoms with Gasteiger partial charge in [-0.25, -0.2) is 4.79 Å². The lowest BCUT2D eigenvalue weighted by Gasteiger charge is -2.33. The third-order valence-electron chi connectivity index (χ3n) is 3.42. The van der Waals surface area contributed by atoms with Crippen molar-refractivity contribution in [3.05, 3.63) is 35.7 Å². The van der Waals surface area contributed by atoms with Gasteiger partial charge >= 0.3 is 5.97 Å². The first-order valence-electron chi connectivity index (χ1n) is 6.34. The number of likely N-dealkylation sites (tertiary alicyclic amines) is 1. The van der Waals surface area contributed by atoms with Gasteiger partial charge in [-0.15, -0.1) is 0 Å². The van der Waals surface area contributed by atoms with Crippen LogP contribution in [0, 0.1) is 12.3 Å². The third kappa shape index (κ3) is 2.59. The number of carboxylic acids is 1. The maximum atomic E-state index is 12.4. The zero-order chi connectivity index (χ0) is 14.7. The van der Waals surface area contributed by atoms with E-state index in [1.807, 2.05) is 0 Å². The number of benzene rings is 1. The number of phenols is 1. The van der Waals surface area contributed by atoms with E-state index in [-0.39, 0.29) is 11.3 Å². The Labute approximate surface area is 116 Å². The fraction of sp³-hybridized carbons (Fsp3) is 0.333. The Morgan fingerprint density at radius 2 is 2.10 bits per heavy atom. The van der Waals surface area contributed by atoms with Gasteiger partial charge in [-0.05, 0) is 43.9 Å². The molecule has 2 N–H and O–H groups in total. The predicted octanol–water partition coefficient (Wildman–Crippen LogP) is 1.41. The van der Waals surface area contributed by atoms with Crippen LogP contribution in [0.25, 0.3) is 0 Å². The first kappa shape index (κ1) is 13.9. The van der Waals surface area contributed by atoms with Gasteiger partial charge in [0.15, 0.2) is 0 Å². The number of hydrogen-bond acceptors (Lipinski definition) is 3. The van der Waals surface area contributed by atoms with Crippen molar-refractivity contribution in [3.8, 4) is 11.7 Å². The molecule has 1 saturated heterocycles. The van der Waals surface area contributed by atoms with Crippen LogP contribution < -0.4 is 0 Å². The first-order chi connectivity index (χ1) is 9.54. The van der Waals surface area contributed by atoms with E-state index < -0.39 is 17.9 Å². The van der Waals surface area contributed by atoms with E-state index in [0.717, 1.165) is 12.8 Å². The highest BCUT2D eigenvalue weighted by atomic mass is 16.4. The molecule has 0 bridgehead atoms.